The van der Waals surface area contributed by atoms with Gasteiger partial charge in [-0.25, -0.2) is 8.78 Å². The summed E-state index contributed by atoms with van der Waals surface area (Å²) in [6.45, 7) is 1.60. The van der Waals surface area contributed by atoms with Crippen LogP contribution in [0.1, 0.15) is 51.9 Å². The zero-order chi connectivity index (χ0) is 11.3. The summed E-state index contributed by atoms with van der Waals surface area (Å²) < 4.78 is 24.5. The largest absolute Gasteiger partial charge is 0.300 e. The van der Waals surface area contributed by atoms with Crippen LogP contribution in [-0.4, -0.2) is 12.2 Å². The molecule has 0 saturated heterocycles. The van der Waals surface area contributed by atoms with Crippen molar-refractivity contribution in [2.24, 2.45) is 11.8 Å². The molecule has 1 aliphatic rings. The Balaban J connectivity index is 2.23. The second kappa shape index (κ2) is 6.19. The first kappa shape index (κ1) is 12.6. The Morgan fingerprint density at radius 1 is 1.33 bits per heavy atom. The number of ketones is 1. The van der Waals surface area contributed by atoms with E-state index in [1.165, 1.54) is 0 Å². The number of Topliss-reactive ketones (excluding diaryl/α,β-unsaturated/α-hetero) is 1. The van der Waals surface area contributed by atoms with Crippen LogP contribution in [0.5, 0.6) is 0 Å². The van der Waals surface area contributed by atoms with Gasteiger partial charge in [0, 0.05) is 18.8 Å². The van der Waals surface area contributed by atoms with Gasteiger partial charge in [-0.2, -0.15) is 0 Å². The molecule has 0 aromatic heterocycles. The molecule has 0 aliphatic heterocycles. The first-order chi connectivity index (χ1) is 7.09. The molecule has 3 heteroatoms. The van der Waals surface area contributed by atoms with Crippen molar-refractivity contribution in [2.45, 2.75) is 58.3 Å². The van der Waals surface area contributed by atoms with Gasteiger partial charge in [0.2, 0.25) is 6.43 Å². The van der Waals surface area contributed by atoms with Crippen molar-refractivity contribution in [2.75, 3.05) is 0 Å². The van der Waals surface area contributed by atoms with Crippen LogP contribution in [0.3, 0.4) is 0 Å². The Hall–Kier alpha value is -0.470. The molecule has 2 atom stereocenters. The topological polar surface area (TPSA) is 17.1 Å². The Kier molecular flexibility index (Phi) is 5.20. The highest BCUT2D eigenvalue weighted by Crippen LogP contribution is 2.27. The fourth-order valence-corrected chi connectivity index (χ4v) is 2.14. The molecular formula is C12H20F2O. The molecule has 0 spiro atoms. The lowest BCUT2D eigenvalue weighted by molar-refractivity contribution is -0.118. The normalized spacial score (nSPS) is 25.3. The highest BCUT2D eigenvalue weighted by Gasteiger charge is 2.20. The van der Waals surface area contributed by atoms with Crippen LogP contribution in [0.25, 0.3) is 0 Å². The van der Waals surface area contributed by atoms with E-state index in [-0.39, 0.29) is 0 Å². The molecule has 0 bridgehead atoms. The van der Waals surface area contributed by atoms with E-state index in [1.54, 1.807) is 6.92 Å². The molecule has 1 rings (SSSR count). The predicted octanol–water partition coefficient (Wildman–Crippen LogP) is 3.82. The molecule has 15 heavy (non-hydrogen) atoms. The minimum atomic E-state index is -2.20. The Morgan fingerprint density at radius 3 is 2.73 bits per heavy atom. The van der Waals surface area contributed by atoms with E-state index < -0.39 is 12.3 Å². The Labute approximate surface area is 90.2 Å². The van der Waals surface area contributed by atoms with Crippen molar-refractivity contribution in [3.8, 4) is 0 Å². The van der Waals surface area contributed by atoms with Gasteiger partial charge in [-0.3, -0.25) is 4.79 Å². The lowest BCUT2D eigenvalue weighted by Gasteiger charge is -2.16. The van der Waals surface area contributed by atoms with Crippen LogP contribution < -0.4 is 0 Å². The fraction of sp³-hybridized carbons (Fsp3) is 0.917. The maximum atomic E-state index is 12.3. The van der Waals surface area contributed by atoms with E-state index >= 15 is 0 Å². The van der Waals surface area contributed by atoms with E-state index in [2.05, 4.69) is 0 Å². The molecule has 2 unspecified atom stereocenters. The summed E-state index contributed by atoms with van der Waals surface area (Å²) in [4.78, 5) is 11.2. The van der Waals surface area contributed by atoms with Gasteiger partial charge in [-0.1, -0.05) is 13.3 Å². The monoisotopic (exact) mass is 218 g/mol. The maximum absolute atomic E-state index is 12.3. The quantitative estimate of drug-likeness (QED) is 0.656. The summed E-state index contributed by atoms with van der Waals surface area (Å²) in [6, 6.07) is 0. The molecule has 0 aromatic rings. The predicted molar refractivity (Wildman–Crippen MR) is 56.0 cm³/mol. The minimum Gasteiger partial charge on any atom is -0.300 e. The van der Waals surface area contributed by atoms with E-state index in [0.29, 0.717) is 31.0 Å². The van der Waals surface area contributed by atoms with Gasteiger partial charge in [-0.15, -0.1) is 0 Å². The van der Waals surface area contributed by atoms with Crippen molar-refractivity contribution in [1.82, 2.24) is 0 Å². The van der Waals surface area contributed by atoms with Gasteiger partial charge in [-0.05, 0) is 31.6 Å². The zero-order valence-corrected chi connectivity index (χ0v) is 9.35. The van der Waals surface area contributed by atoms with Crippen LogP contribution in [0.2, 0.25) is 0 Å². The Morgan fingerprint density at radius 2 is 2.07 bits per heavy atom. The molecule has 1 aliphatic carbocycles. The van der Waals surface area contributed by atoms with Gasteiger partial charge in [0.15, 0.2) is 0 Å². The molecule has 1 fully saturated rings. The molecule has 0 amide bonds. The number of rotatable bonds is 4. The number of alkyl halides is 2. The van der Waals surface area contributed by atoms with E-state index in [0.717, 1.165) is 25.7 Å². The molecular weight excluding hydrogens is 198 g/mol. The third-order valence-corrected chi connectivity index (χ3v) is 3.36. The number of hydrogen-bond donors (Lipinski definition) is 0. The minimum absolute atomic E-state index is 0.347. The van der Waals surface area contributed by atoms with Crippen molar-refractivity contribution in [1.29, 1.82) is 0 Å². The van der Waals surface area contributed by atoms with Crippen molar-refractivity contribution in [3.63, 3.8) is 0 Å². The first-order valence-electron chi connectivity index (χ1n) is 5.89. The lowest BCUT2D eigenvalue weighted by atomic mass is 9.91. The summed E-state index contributed by atoms with van der Waals surface area (Å²) in [5.74, 6) is 0.348. The van der Waals surface area contributed by atoms with Crippen molar-refractivity contribution < 1.29 is 13.6 Å². The summed E-state index contributed by atoms with van der Waals surface area (Å²) in [5, 5.41) is 0. The molecule has 0 N–H and O–H groups in total. The van der Waals surface area contributed by atoms with Crippen LogP contribution in [-0.2, 0) is 4.79 Å². The number of halogens is 2. The first-order valence-corrected chi connectivity index (χ1v) is 5.89. The Bertz CT molecular complexity index is 204. The summed E-state index contributed by atoms with van der Waals surface area (Å²) in [5.41, 5.74) is 0. The van der Waals surface area contributed by atoms with Crippen molar-refractivity contribution in [3.05, 3.63) is 0 Å². The van der Waals surface area contributed by atoms with E-state index in [9.17, 15) is 13.6 Å². The van der Waals surface area contributed by atoms with Crippen LogP contribution >= 0.6 is 0 Å². The molecule has 88 valence electrons. The smallest absolute Gasteiger partial charge is 0.241 e. The van der Waals surface area contributed by atoms with Gasteiger partial charge in [0.1, 0.15) is 5.78 Å². The highest BCUT2D eigenvalue weighted by atomic mass is 19.3. The summed E-state index contributed by atoms with van der Waals surface area (Å²) in [6.07, 6.45) is 3.52. The molecule has 1 nitrogen and oxygen atoms in total. The standard InChI is InChI=1S/C12H20F2O/c1-9(12(13)14)5-6-10-3-2-4-11(15)8-7-10/h9-10,12H,2-8H2,1H3. The second-order valence-electron chi connectivity index (χ2n) is 4.72. The SMILES string of the molecule is CC(CCC1CCCC(=O)CC1)C(F)F. The van der Waals surface area contributed by atoms with Crippen LogP contribution in [0.4, 0.5) is 8.78 Å². The van der Waals surface area contributed by atoms with Gasteiger partial charge >= 0.3 is 0 Å². The van der Waals surface area contributed by atoms with Crippen LogP contribution in [0.15, 0.2) is 0 Å². The zero-order valence-electron chi connectivity index (χ0n) is 9.35. The number of carbonyl (C=O) groups excluding carboxylic acids is 1. The number of carbonyl (C=O) groups is 1. The van der Waals surface area contributed by atoms with Crippen LogP contribution in [0, 0.1) is 11.8 Å². The molecule has 1 saturated carbocycles. The molecule has 0 aromatic carbocycles. The number of hydrogen-bond acceptors (Lipinski definition) is 1. The molecule has 0 heterocycles. The maximum Gasteiger partial charge on any atom is 0.241 e. The van der Waals surface area contributed by atoms with E-state index in [1.807, 2.05) is 0 Å². The summed E-state index contributed by atoms with van der Waals surface area (Å²) in [7, 11) is 0. The molecule has 0 radical (unpaired) electrons. The van der Waals surface area contributed by atoms with Gasteiger partial charge < -0.3 is 0 Å². The lowest BCUT2D eigenvalue weighted by Crippen LogP contribution is -2.09. The van der Waals surface area contributed by atoms with Gasteiger partial charge in [0.05, 0.1) is 0 Å². The fourth-order valence-electron chi connectivity index (χ4n) is 2.14. The second-order valence-corrected chi connectivity index (χ2v) is 4.72. The third kappa shape index (κ3) is 4.72. The van der Waals surface area contributed by atoms with E-state index in [4.69, 9.17) is 0 Å². The third-order valence-electron chi connectivity index (χ3n) is 3.36. The van der Waals surface area contributed by atoms with Crippen molar-refractivity contribution >= 4 is 5.78 Å². The average Bonchev–Trinajstić information content (AvgIpc) is 2.39. The highest BCUT2D eigenvalue weighted by molar-refractivity contribution is 5.78. The van der Waals surface area contributed by atoms with Gasteiger partial charge in [0.25, 0.3) is 0 Å². The summed E-state index contributed by atoms with van der Waals surface area (Å²) >= 11 is 0. The average molecular weight is 218 g/mol.